The van der Waals surface area contributed by atoms with Crippen LogP contribution in [0.15, 0.2) is 18.2 Å². The molecule has 0 atom stereocenters. The maximum Gasteiger partial charge on any atom is 0.0212 e. The Hall–Kier alpha value is -0.860. The third-order valence-electron chi connectivity index (χ3n) is 2.94. The molecule has 0 aromatic heterocycles. The molecule has 0 saturated carbocycles. The minimum atomic E-state index is 1.01. The van der Waals surface area contributed by atoms with E-state index in [1.807, 2.05) is 0 Å². The Morgan fingerprint density at radius 2 is 2.13 bits per heavy atom. The van der Waals surface area contributed by atoms with Gasteiger partial charge in [-0.25, -0.2) is 0 Å². The molecule has 0 amide bonds. The summed E-state index contributed by atoms with van der Waals surface area (Å²) in [7, 11) is 0. The van der Waals surface area contributed by atoms with E-state index in [4.69, 9.17) is 0 Å². The molecule has 1 aliphatic rings. The maximum atomic E-state index is 3.47. The SMILES string of the molecule is CCCCNCc1ccc2c(c1)CNC2. The number of hydrogen-bond acceptors (Lipinski definition) is 2. The van der Waals surface area contributed by atoms with Gasteiger partial charge in [0.05, 0.1) is 0 Å². The molecule has 0 fully saturated rings. The van der Waals surface area contributed by atoms with Crippen LogP contribution in [0.5, 0.6) is 0 Å². The number of fused-ring (bicyclic) bond motifs is 1. The molecule has 2 N–H and O–H groups in total. The predicted octanol–water partition coefficient (Wildman–Crippen LogP) is 2.18. The minimum absolute atomic E-state index is 1.01. The standard InChI is InChI=1S/C13H20N2/c1-2-3-6-14-8-11-4-5-12-9-15-10-13(12)7-11/h4-5,7,14-15H,2-3,6,8-10H2,1H3. The van der Waals surface area contributed by atoms with E-state index in [9.17, 15) is 0 Å². The Bertz CT molecular complexity index is 320. The van der Waals surface area contributed by atoms with E-state index in [2.05, 4.69) is 35.8 Å². The van der Waals surface area contributed by atoms with Gasteiger partial charge in [-0.2, -0.15) is 0 Å². The molecule has 2 nitrogen and oxygen atoms in total. The van der Waals surface area contributed by atoms with Gasteiger partial charge in [0.1, 0.15) is 0 Å². The Morgan fingerprint density at radius 1 is 1.27 bits per heavy atom. The topological polar surface area (TPSA) is 24.1 Å². The van der Waals surface area contributed by atoms with Crippen LogP contribution in [-0.4, -0.2) is 6.54 Å². The molecule has 2 heteroatoms. The van der Waals surface area contributed by atoms with Gasteiger partial charge in [-0.15, -0.1) is 0 Å². The molecule has 1 aliphatic heterocycles. The first-order valence-corrected chi connectivity index (χ1v) is 5.92. The van der Waals surface area contributed by atoms with E-state index >= 15 is 0 Å². The second kappa shape index (κ2) is 5.29. The Labute approximate surface area is 92.1 Å². The van der Waals surface area contributed by atoms with Gasteiger partial charge in [0.25, 0.3) is 0 Å². The van der Waals surface area contributed by atoms with E-state index in [0.717, 1.165) is 26.2 Å². The number of benzene rings is 1. The quantitative estimate of drug-likeness (QED) is 0.718. The van der Waals surface area contributed by atoms with Crippen molar-refractivity contribution in [2.24, 2.45) is 0 Å². The van der Waals surface area contributed by atoms with E-state index in [1.54, 1.807) is 0 Å². The molecule has 15 heavy (non-hydrogen) atoms. The van der Waals surface area contributed by atoms with Crippen LogP contribution in [0.2, 0.25) is 0 Å². The summed E-state index contributed by atoms with van der Waals surface area (Å²) in [6.07, 6.45) is 2.54. The van der Waals surface area contributed by atoms with Crippen molar-refractivity contribution in [2.75, 3.05) is 6.54 Å². The fourth-order valence-corrected chi connectivity index (χ4v) is 1.99. The molecule has 0 radical (unpaired) electrons. The second-order valence-corrected chi connectivity index (χ2v) is 4.24. The summed E-state index contributed by atoms with van der Waals surface area (Å²) in [6.45, 7) is 6.44. The summed E-state index contributed by atoms with van der Waals surface area (Å²) in [5, 5.41) is 6.84. The summed E-state index contributed by atoms with van der Waals surface area (Å²) in [6, 6.07) is 6.82. The molecular weight excluding hydrogens is 184 g/mol. The summed E-state index contributed by atoms with van der Waals surface area (Å²) >= 11 is 0. The first kappa shape index (κ1) is 10.7. The molecule has 1 heterocycles. The normalized spacial score (nSPS) is 14.2. The van der Waals surface area contributed by atoms with Crippen LogP contribution in [0.3, 0.4) is 0 Å². The smallest absolute Gasteiger partial charge is 0.0212 e. The first-order valence-electron chi connectivity index (χ1n) is 5.92. The van der Waals surface area contributed by atoms with Crippen molar-refractivity contribution in [3.8, 4) is 0 Å². The highest BCUT2D eigenvalue weighted by atomic mass is 14.9. The van der Waals surface area contributed by atoms with Gasteiger partial charge in [0.2, 0.25) is 0 Å². The third kappa shape index (κ3) is 2.80. The monoisotopic (exact) mass is 204 g/mol. The van der Waals surface area contributed by atoms with Gasteiger partial charge in [-0.05, 0) is 29.7 Å². The molecule has 82 valence electrons. The average molecular weight is 204 g/mol. The van der Waals surface area contributed by atoms with Crippen molar-refractivity contribution in [3.05, 3.63) is 34.9 Å². The zero-order valence-corrected chi connectivity index (χ0v) is 9.47. The van der Waals surface area contributed by atoms with E-state index in [0.29, 0.717) is 0 Å². The number of rotatable bonds is 5. The molecule has 0 saturated heterocycles. The Kier molecular flexibility index (Phi) is 3.75. The predicted molar refractivity (Wildman–Crippen MR) is 63.6 cm³/mol. The third-order valence-corrected chi connectivity index (χ3v) is 2.94. The highest BCUT2D eigenvalue weighted by Gasteiger charge is 2.09. The molecule has 2 rings (SSSR count). The van der Waals surface area contributed by atoms with E-state index < -0.39 is 0 Å². The van der Waals surface area contributed by atoms with Crippen LogP contribution in [0.4, 0.5) is 0 Å². The number of nitrogens with one attached hydrogen (secondary N) is 2. The Morgan fingerprint density at radius 3 is 3.00 bits per heavy atom. The van der Waals surface area contributed by atoms with Crippen LogP contribution in [0, 0.1) is 0 Å². The number of hydrogen-bond donors (Lipinski definition) is 2. The molecule has 0 spiro atoms. The summed E-state index contributed by atoms with van der Waals surface area (Å²) < 4.78 is 0. The molecule has 0 aliphatic carbocycles. The molecule has 1 aromatic carbocycles. The van der Waals surface area contributed by atoms with Crippen molar-refractivity contribution in [1.29, 1.82) is 0 Å². The van der Waals surface area contributed by atoms with Gasteiger partial charge in [-0.1, -0.05) is 31.5 Å². The summed E-state index contributed by atoms with van der Waals surface area (Å²) in [4.78, 5) is 0. The zero-order chi connectivity index (χ0) is 10.5. The first-order chi connectivity index (χ1) is 7.40. The number of unbranched alkanes of at least 4 members (excludes halogenated alkanes) is 1. The summed E-state index contributed by atoms with van der Waals surface area (Å²) in [5.74, 6) is 0. The van der Waals surface area contributed by atoms with Gasteiger partial charge in [0.15, 0.2) is 0 Å². The highest BCUT2D eigenvalue weighted by Crippen LogP contribution is 2.16. The van der Waals surface area contributed by atoms with E-state index in [-0.39, 0.29) is 0 Å². The lowest BCUT2D eigenvalue weighted by Gasteiger charge is -2.06. The van der Waals surface area contributed by atoms with Gasteiger partial charge in [0, 0.05) is 19.6 Å². The van der Waals surface area contributed by atoms with Gasteiger partial charge < -0.3 is 10.6 Å². The molecule has 1 aromatic rings. The van der Waals surface area contributed by atoms with Crippen LogP contribution in [0.25, 0.3) is 0 Å². The van der Waals surface area contributed by atoms with Crippen LogP contribution in [0.1, 0.15) is 36.5 Å². The lowest BCUT2D eigenvalue weighted by molar-refractivity contribution is 0.641. The van der Waals surface area contributed by atoms with Crippen LogP contribution in [-0.2, 0) is 19.6 Å². The zero-order valence-electron chi connectivity index (χ0n) is 9.47. The van der Waals surface area contributed by atoms with Crippen molar-refractivity contribution < 1.29 is 0 Å². The molecule has 0 bridgehead atoms. The Balaban J connectivity index is 1.87. The largest absolute Gasteiger partial charge is 0.313 e. The van der Waals surface area contributed by atoms with Crippen molar-refractivity contribution in [1.82, 2.24) is 10.6 Å². The van der Waals surface area contributed by atoms with Gasteiger partial charge >= 0.3 is 0 Å². The van der Waals surface area contributed by atoms with Gasteiger partial charge in [-0.3, -0.25) is 0 Å². The maximum absolute atomic E-state index is 3.47. The van der Waals surface area contributed by atoms with Crippen LogP contribution < -0.4 is 10.6 Å². The second-order valence-electron chi connectivity index (χ2n) is 4.24. The van der Waals surface area contributed by atoms with Crippen LogP contribution >= 0.6 is 0 Å². The average Bonchev–Trinajstić information content (AvgIpc) is 2.71. The molecule has 0 unspecified atom stereocenters. The fraction of sp³-hybridized carbons (Fsp3) is 0.538. The lowest BCUT2D eigenvalue weighted by Crippen LogP contribution is -2.14. The highest BCUT2D eigenvalue weighted by molar-refractivity contribution is 5.34. The van der Waals surface area contributed by atoms with Crippen molar-refractivity contribution >= 4 is 0 Å². The van der Waals surface area contributed by atoms with Crippen molar-refractivity contribution in [3.63, 3.8) is 0 Å². The van der Waals surface area contributed by atoms with Crippen molar-refractivity contribution in [2.45, 2.75) is 39.4 Å². The lowest BCUT2D eigenvalue weighted by atomic mass is 10.1. The van der Waals surface area contributed by atoms with E-state index in [1.165, 1.54) is 29.5 Å². The fourth-order valence-electron chi connectivity index (χ4n) is 1.99. The molecular formula is C13H20N2. The summed E-state index contributed by atoms with van der Waals surface area (Å²) in [5.41, 5.74) is 4.35. The minimum Gasteiger partial charge on any atom is -0.313 e.